The van der Waals surface area contributed by atoms with Gasteiger partial charge in [-0.25, -0.2) is 0 Å². The van der Waals surface area contributed by atoms with Crippen LogP contribution in [0.15, 0.2) is 0 Å². The van der Waals surface area contributed by atoms with Gasteiger partial charge in [0.25, 0.3) is 0 Å². The summed E-state index contributed by atoms with van der Waals surface area (Å²) in [5.41, 5.74) is 0. The van der Waals surface area contributed by atoms with Crippen LogP contribution in [0.2, 0.25) is 0 Å². The lowest BCUT2D eigenvalue weighted by atomic mass is 10.1. The van der Waals surface area contributed by atoms with Gasteiger partial charge in [0, 0.05) is 26.4 Å². The SMILES string of the molecule is C1CCC(CCOCCC2CCCCO2)OC1. The zero-order chi connectivity index (χ0) is 11.8. The lowest BCUT2D eigenvalue weighted by Gasteiger charge is -2.23. The summed E-state index contributed by atoms with van der Waals surface area (Å²) >= 11 is 0. The van der Waals surface area contributed by atoms with Gasteiger partial charge in [0.05, 0.1) is 12.2 Å². The van der Waals surface area contributed by atoms with E-state index in [0.717, 1.165) is 39.3 Å². The van der Waals surface area contributed by atoms with Crippen molar-refractivity contribution in [3.8, 4) is 0 Å². The zero-order valence-electron chi connectivity index (χ0n) is 10.9. The van der Waals surface area contributed by atoms with Crippen LogP contribution in [0.1, 0.15) is 51.4 Å². The second-order valence-electron chi connectivity index (χ2n) is 5.17. The first kappa shape index (κ1) is 13.3. The molecule has 0 bridgehead atoms. The lowest BCUT2D eigenvalue weighted by molar-refractivity contribution is -0.0240. The van der Waals surface area contributed by atoms with Crippen LogP contribution in [0.3, 0.4) is 0 Å². The monoisotopic (exact) mass is 242 g/mol. The predicted molar refractivity (Wildman–Crippen MR) is 67.2 cm³/mol. The number of ether oxygens (including phenoxy) is 3. The summed E-state index contributed by atoms with van der Waals surface area (Å²) in [5.74, 6) is 0. The van der Waals surface area contributed by atoms with E-state index in [0.29, 0.717) is 12.2 Å². The zero-order valence-corrected chi connectivity index (χ0v) is 10.9. The molecule has 3 nitrogen and oxygen atoms in total. The van der Waals surface area contributed by atoms with E-state index in [2.05, 4.69) is 0 Å². The molecular weight excluding hydrogens is 216 g/mol. The summed E-state index contributed by atoms with van der Waals surface area (Å²) in [7, 11) is 0. The molecule has 2 aliphatic heterocycles. The molecule has 0 aromatic carbocycles. The van der Waals surface area contributed by atoms with E-state index in [9.17, 15) is 0 Å². The highest BCUT2D eigenvalue weighted by Crippen LogP contribution is 2.17. The Morgan fingerprint density at radius 2 is 1.29 bits per heavy atom. The average molecular weight is 242 g/mol. The molecule has 2 atom stereocenters. The van der Waals surface area contributed by atoms with Gasteiger partial charge in [-0.2, -0.15) is 0 Å². The van der Waals surface area contributed by atoms with Crippen LogP contribution in [-0.4, -0.2) is 38.6 Å². The van der Waals surface area contributed by atoms with Gasteiger partial charge in [-0.15, -0.1) is 0 Å². The molecule has 0 saturated carbocycles. The van der Waals surface area contributed by atoms with Gasteiger partial charge in [-0.1, -0.05) is 0 Å². The molecule has 0 aromatic heterocycles. The maximum absolute atomic E-state index is 5.68. The molecule has 0 amide bonds. The second kappa shape index (κ2) is 8.06. The number of hydrogen-bond donors (Lipinski definition) is 0. The highest BCUT2D eigenvalue weighted by atomic mass is 16.5. The molecule has 17 heavy (non-hydrogen) atoms. The Hall–Kier alpha value is -0.120. The minimum atomic E-state index is 0.453. The molecule has 2 aliphatic rings. The van der Waals surface area contributed by atoms with Crippen molar-refractivity contribution in [2.75, 3.05) is 26.4 Å². The number of rotatable bonds is 6. The van der Waals surface area contributed by atoms with Gasteiger partial charge in [0.15, 0.2) is 0 Å². The lowest BCUT2D eigenvalue weighted by Crippen LogP contribution is -2.22. The van der Waals surface area contributed by atoms with E-state index in [1.54, 1.807) is 0 Å². The molecule has 0 spiro atoms. The van der Waals surface area contributed by atoms with Crippen LogP contribution < -0.4 is 0 Å². The van der Waals surface area contributed by atoms with E-state index in [4.69, 9.17) is 14.2 Å². The Balaban J connectivity index is 1.42. The minimum absolute atomic E-state index is 0.453. The summed E-state index contributed by atoms with van der Waals surface area (Å²) in [6.45, 7) is 3.58. The molecule has 2 rings (SSSR count). The van der Waals surface area contributed by atoms with Crippen molar-refractivity contribution in [3.63, 3.8) is 0 Å². The van der Waals surface area contributed by atoms with Gasteiger partial charge < -0.3 is 14.2 Å². The Labute approximate surface area is 105 Å². The average Bonchev–Trinajstić information content (AvgIpc) is 2.41. The topological polar surface area (TPSA) is 27.7 Å². The summed E-state index contributed by atoms with van der Waals surface area (Å²) in [5, 5.41) is 0. The minimum Gasteiger partial charge on any atom is -0.381 e. The fourth-order valence-corrected chi connectivity index (χ4v) is 2.60. The molecule has 0 aliphatic carbocycles. The first-order valence-corrected chi connectivity index (χ1v) is 7.26. The van der Waals surface area contributed by atoms with Crippen molar-refractivity contribution in [1.82, 2.24) is 0 Å². The van der Waals surface area contributed by atoms with E-state index in [-0.39, 0.29) is 0 Å². The third kappa shape index (κ3) is 5.36. The quantitative estimate of drug-likeness (QED) is 0.670. The smallest absolute Gasteiger partial charge is 0.0597 e. The van der Waals surface area contributed by atoms with Gasteiger partial charge >= 0.3 is 0 Å². The molecule has 0 N–H and O–H groups in total. The summed E-state index contributed by atoms with van der Waals surface area (Å²) in [4.78, 5) is 0. The largest absolute Gasteiger partial charge is 0.381 e. The van der Waals surface area contributed by atoms with Gasteiger partial charge in [-0.05, 0) is 51.4 Å². The molecule has 0 aromatic rings. The summed E-state index contributed by atoms with van der Waals surface area (Å²) in [6, 6.07) is 0. The van der Waals surface area contributed by atoms with Crippen molar-refractivity contribution in [1.29, 1.82) is 0 Å². The highest BCUT2D eigenvalue weighted by molar-refractivity contribution is 4.64. The first-order chi connectivity index (χ1) is 8.45. The van der Waals surface area contributed by atoms with Gasteiger partial charge in [0.1, 0.15) is 0 Å². The van der Waals surface area contributed by atoms with Crippen molar-refractivity contribution in [3.05, 3.63) is 0 Å². The Kier molecular flexibility index (Phi) is 6.32. The van der Waals surface area contributed by atoms with Gasteiger partial charge in [-0.3, -0.25) is 0 Å². The van der Waals surface area contributed by atoms with E-state index in [1.165, 1.54) is 38.5 Å². The van der Waals surface area contributed by atoms with Crippen molar-refractivity contribution < 1.29 is 14.2 Å². The van der Waals surface area contributed by atoms with E-state index >= 15 is 0 Å². The molecular formula is C14H26O3. The molecule has 2 saturated heterocycles. The highest BCUT2D eigenvalue weighted by Gasteiger charge is 2.15. The fourth-order valence-electron chi connectivity index (χ4n) is 2.60. The molecule has 100 valence electrons. The van der Waals surface area contributed by atoms with Crippen LogP contribution in [0.5, 0.6) is 0 Å². The van der Waals surface area contributed by atoms with E-state index < -0.39 is 0 Å². The van der Waals surface area contributed by atoms with Crippen LogP contribution >= 0.6 is 0 Å². The van der Waals surface area contributed by atoms with Crippen molar-refractivity contribution in [2.24, 2.45) is 0 Å². The molecule has 2 fully saturated rings. The standard InChI is InChI=1S/C14H26O3/c1-3-9-16-13(5-1)7-11-15-12-8-14-6-2-4-10-17-14/h13-14H,1-12H2. The fraction of sp³-hybridized carbons (Fsp3) is 1.00. The Morgan fingerprint density at radius 3 is 1.71 bits per heavy atom. The first-order valence-electron chi connectivity index (χ1n) is 7.26. The summed E-state index contributed by atoms with van der Waals surface area (Å²) < 4.78 is 17.0. The van der Waals surface area contributed by atoms with Crippen molar-refractivity contribution >= 4 is 0 Å². The number of hydrogen-bond acceptors (Lipinski definition) is 3. The van der Waals surface area contributed by atoms with Crippen LogP contribution in [0.4, 0.5) is 0 Å². The van der Waals surface area contributed by atoms with E-state index in [1.807, 2.05) is 0 Å². The summed E-state index contributed by atoms with van der Waals surface area (Å²) in [6.07, 6.45) is 10.6. The maximum atomic E-state index is 5.68. The Morgan fingerprint density at radius 1 is 0.765 bits per heavy atom. The molecule has 0 radical (unpaired) electrons. The predicted octanol–water partition coefficient (Wildman–Crippen LogP) is 2.92. The van der Waals surface area contributed by atoms with Crippen molar-refractivity contribution in [2.45, 2.75) is 63.6 Å². The van der Waals surface area contributed by atoms with Crippen LogP contribution in [0, 0.1) is 0 Å². The second-order valence-corrected chi connectivity index (χ2v) is 5.17. The van der Waals surface area contributed by atoms with Crippen LogP contribution in [0.25, 0.3) is 0 Å². The molecule has 3 heteroatoms. The molecule has 2 unspecified atom stereocenters. The third-order valence-electron chi connectivity index (χ3n) is 3.72. The van der Waals surface area contributed by atoms with Crippen LogP contribution in [-0.2, 0) is 14.2 Å². The maximum Gasteiger partial charge on any atom is 0.0597 e. The van der Waals surface area contributed by atoms with Gasteiger partial charge in [0.2, 0.25) is 0 Å². The normalized spacial score (nSPS) is 30.4. The Bertz CT molecular complexity index is 164. The third-order valence-corrected chi connectivity index (χ3v) is 3.72. The molecule has 2 heterocycles.